The minimum atomic E-state index is -0.445. The molecule has 0 aliphatic carbocycles. The lowest BCUT2D eigenvalue weighted by Crippen LogP contribution is -2.28. The van der Waals surface area contributed by atoms with Crippen molar-refractivity contribution < 1.29 is 23.5 Å². The summed E-state index contributed by atoms with van der Waals surface area (Å²) in [6.45, 7) is 2.13. The highest BCUT2D eigenvalue weighted by atomic mass is 32.2. The second-order valence-electron chi connectivity index (χ2n) is 5.95. The topological polar surface area (TPSA) is 55.8 Å². The van der Waals surface area contributed by atoms with Crippen LogP contribution < -0.4 is 4.74 Å². The van der Waals surface area contributed by atoms with Crippen molar-refractivity contribution in [3.63, 3.8) is 0 Å². The number of nitrogens with zero attached hydrogens (tertiary/aromatic N) is 1. The number of amides is 1. The van der Waals surface area contributed by atoms with E-state index in [1.807, 2.05) is 18.2 Å². The van der Waals surface area contributed by atoms with Crippen LogP contribution >= 0.6 is 11.8 Å². The zero-order valence-electron chi connectivity index (χ0n) is 14.9. The Morgan fingerprint density at radius 3 is 2.85 bits per heavy atom. The lowest BCUT2D eigenvalue weighted by molar-refractivity contribution is -0.145. The smallest absolute Gasteiger partial charge is 0.344 e. The summed E-state index contributed by atoms with van der Waals surface area (Å²) < 4.78 is 24.0. The number of carbonyl (C=O) groups excluding carboxylic acids is 2. The molecule has 0 spiro atoms. The van der Waals surface area contributed by atoms with Gasteiger partial charge in [0.25, 0.3) is 0 Å². The number of hydrogen-bond acceptors (Lipinski definition) is 5. The Bertz CT molecular complexity index is 829. The molecule has 1 amide bonds. The van der Waals surface area contributed by atoms with Gasteiger partial charge in [-0.1, -0.05) is 30.3 Å². The number of para-hydroxylation sites is 1. The first kappa shape index (κ1) is 19.2. The summed E-state index contributed by atoms with van der Waals surface area (Å²) in [6.07, 6.45) is 0. The lowest BCUT2D eigenvalue weighted by atomic mass is 10.1. The Labute approximate surface area is 161 Å². The van der Waals surface area contributed by atoms with E-state index in [2.05, 4.69) is 0 Å². The largest absolute Gasteiger partial charge is 0.482 e. The van der Waals surface area contributed by atoms with E-state index in [1.165, 1.54) is 23.9 Å². The maximum Gasteiger partial charge on any atom is 0.344 e. The van der Waals surface area contributed by atoms with Gasteiger partial charge in [-0.3, -0.25) is 4.79 Å². The summed E-state index contributed by atoms with van der Waals surface area (Å²) in [4.78, 5) is 25.7. The molecule has 0 aromatic heterocycles. The van der Waals surface area contributed by atoms with Crippen LogP contribution in [0.2, 0.25) is 0 Å². The molecule has 1 unspecified atom stereocenters. The number of benzene rings is 2. The van der Waals surface area contributed by atoms with Gasteiger partial charge >= 0.3 is 5.97 Å². The fraction of sp³-hybridized carbons (Fsp3) is 0.300. The zero-order valence-corrected chi connectivity index (χ0v) is 15.7. The van der Waals surface area contributed by atoms with Crippen molar-refractivity contribution in [2.75, 3.05) is 19.0 Å². The molecule has 3 rings (SSSR count). The molecule has 1 heterocycles. The summed E-state index contributed by atoms with van der Waals surface area (Å²) >= 11 is 1.48. The van der Waals surface area contributed by atoms with Gasteiger partial charge in [0, 0.05) is 12.1 Å². The highest BCUT2D eigenvalue weighted by Gasteiger charge is 2.34. The average molecular weight is 389 g/mol. The summed E-state index contributed by atoms with van der Waals surface area (Å²) in [5, 5.41) is -0.265. The van der Waals surface area contributed by atoms with Crippen molar-refractivity contribution in [1.82, 2.24) is 4.90 Å². The molecule has 1 aliphatic heterocycles. The van der Waals surface area contributed by atoms with Crippen molar-refractivity contribution in [2.45, 2.75) is 18.8 Å². The van der Waals surface area contributed by atoms with Crippen LogP contribution in [0.3, 0.4) is 0 Å². The third-order valence-corrected chi connectivity index (χ3v) is 5.28. The van der Waals surface area contributed by atoms with Gasteiger partial charge in [0.2, 0.25) is 5.91 Å². The molecule has 5 nitrogen and oxygen atoms in total. The number of esters is 1. The Kier molecular flexibility index (Phi) is 6.34. The summed E-state index contributed by atoms with van der Waals surface area (Å²) in [5.74, 6) is 0.0729. The molecule has 0 bridgehead atoms. The van der Waals surface area contributed by atoms with Gasteiger partial charge in [0.05, 0.1) is 12.4 Å². The first-order chi connectivity index (χ1) is 13.1. The molecular weight excluding hydrogens is 369 g/mol. The van der Waals surface area contributed by atoms with Gasteiger partial charge in [-0.15, -0.1) is 11.8 Å². The van der Waals surface area contributed by atoms with Crippen molar-refractivity contribution in [3.8, 4) is 5.75 Å². The molecule has 1 atom stereocenters. The van der Waals surface area contributed by atoms with Gasteiger partial charge in [-0.05, 0) is 30.7 Å². The predicted molar refractivity (Wildman–Crippen MR) is 101 cm³/mol. The first-order valence-electron chi connectivity index (χ1n) is 8.61. The molecule has 27 heavy (non-hydrogen) atoms. The number of ether oxygens (including phenoxy) is 2. The van der Waals surface area contributed by atoms with Crippen LogP contribution in [0.25, 0.3) is 0 Å². The molecule has 0 N–H and O–H groups in total. The molecule has 2 aromatic carbocycles. The third-order valence-electron chi connectivity index (χ3n) is 4.05. The highest BCUT2D eigenvalue weighted by Crippen LogP contribution is 2.43. The molecule has 2 aromatic rings. The Morgan fingerprint density at radius 2 is 2.07 bits per heavy atom. The second-order valence-corrected chi connectivity index (χ2v) is 7.01. The van der Waals surface area contributed by atoms with E-state index in [9.17, 15) is 14.0 Å². The normalized spacial score (nSPS) is 16.4. The third kappa shape index (κ3) is 4.80. The summed E-state index contributed by atoms with van der Waals surface area (Å²) in [7, 11) is 0. The zero-order chi connectivity index (χ0) is 19.2. The van der Waals surface area contributed by atoms with Gasteiger partial charge in [-0.2, -0.15) is 0 Å². The molecular formula is C20H20FNO4S. The SMILES string of the molecule is CCOC(=O)COc1ccccc1C1SCC(=O)N1Cc1cccc(F)c1. The Morgan fingerprint density at radius 1 is 1.26 bits per heavy atom. The van der Waals surface area contributed by atoms with Crippen LogP contribution in [0.4, 0.5) is 4.39 Å². The molecule has 0 saturated carbocycles. The van der Waals surface area contributed by atoms with E-state index in [4.69, 9.17) is 9.47 Å². The van der Waals surface area contributed by atoms with Gasteiger partial charge in [0.1, 0.15) is 16.9 Å². The van der Waals surface area contributed by atoms with Crippen LogP contribution in [0, 0.1) is 5.82 Å². The molecule has 142 valence electrons. The average Bonchev–Trinajstić information content (AvgIpc) is 3.01. The molecule has 1 saturated heterocycles. The fourth-order valence-corrected chi connectivity index (χ4v) is 4.08. The van der Waals surface area contributed by atoms with Crippen molar-refractivity contribution in [1.29, 1.82) is 0 Å². The van der Waals surface area contributed by atoms with Crippen molar-refractivity contribution >= 4 is 23.6 Å². The van der Waals surface area contributed by atoms with E-state index in [-0.39, 0.29) is 30.3 Å². The minimum Gasteiger partial charge on any atom is -0.482 e. The summed E-state index contributed by atoms with van der Waals surface area (Å²) in [6, 6.07) is 13.5. The first-order valence-corrected chi connectivity index (χ1v) is 9.66. The number of carbonyl (C=O) groups is 2. The van der Waals surface area contributed by atoms with Crippen molar-refractivity contribution in [2.24, 2.45) is 0 Å². The fourth-order valence-electron chi connectivity index (χ4n) is 2.87. The van der Waals surface area contributed by atoms with E-state index in [1.54, 1.807) is 30.0 Å². The molecule has 7 heteroatoms. The van der Waals surface area contributed by atoms with E-state index in [0.717, 1.165) is 11.1 Å². The van der Waals surface area contributed by atoms with E-state index in [0.29, 0.717) is 18.0 Å². The van der Waals surface area contributed by atoms with Gasteiger partial charge in [-0.25, -0.2) is 9.18 Å². The molecule has 1 fully saturated rings. The quantitative estimate of drug-likeness (QED) is 0.678. The number of halogens is 1. The van der Waals surface area contributed by atoms with Crippen LogP contribution in [0.5, 0.6) is 5.75 Å². The maximum atomic E-state index is 13.5. The van der Waals surface area contributed by atoms with E-state index < -0.39 is 5.97 Å². The van der Waals surface area contributed by atoms with Gasteiger partial charge < -0.3 is 14.4 Å². The number of hydrogen-bond donors (Lipinski definition) is 0. The lowest BCUT2D eigenvalue weighted by Gasteiger charge is -2.26. The maximum absolute atomic E-state index is 13.5. The molecule has 1 aliphatic rings. The minimum absolute atomic E-state index is 0.0190. The molecule has 0 radical (unpaired) electrons. The number of rotatable bonds is 7. The van der Waals surface area contributed by atoms with E-state index >= 15 is 0 Å². The number of thioether (sulfide) groups is 1. The van der Waals surface area contributed by atoms with Gasteiger partial charge in [0.15, 0.2) is 6.61 Å². The Hall–Kier alpha value is -2.54. The monoisotopic (exact) mass is 389 g/mol. The van der Waals surface area contributed by atoms with Crippen LogP contribution in [-0.4, -0.2) is 35.7 Å². The predicted octanol–water partition coefficient (Wildman–Crippen LogP) is 3.54. The summed E-state index contributed by atoms with van der Waals surface area (Å²) in [5.41, 5.74) is 1.52. The second kappa shape index (κ2) is 8.90. The van der Waals surface area contributed by atoms with Crippen LogP contribution in [0.1, 0.15) is 23.4 Å². The van der Waals surface area contributed by atoms with Crippen molar-refractivity contribution in [3.05, 3.63) is 65.5 Å². The van der Waals surface area contributed by atoms with Crippen LogP contribution in [-0.2, 0) is 20.9 Å². The standard InChI is InChI=1S/C20H20FNO4S/c1-2-25-19(24)12-26-17-9-4-3-8-16(17)20-22(18(23)13-27-20)11-14-6-5-7-15(21)10-14/h3-10,20H,2,11-13H2,1H3. The Balaban J connectivity index is 1.79. The van der Waals surface area contributed by atoms with Crippen LogP contribution in [0.15, 0.2) is 48.5 Å². The highest BCUT2D eigenvalue weighted by molar-refractivity contribution is 8.00.